The van der Waals surface area contributed by atoms with Crippen molar-refractivity contribution >= 4 is 23.0 Å². The van der Waals surface area contributed by atoms with Gasteiger partial charge in [-0.05, 0) is 42.8 Å². The SMILES string of the molecule is CCCC/C(=N\NC(N)=S)c1cccc(C(F)(F)F)c1. The van der Waals surface area contributed by atoms with Crippen LogP contribution in [-0.4, -0.2) is 10.8 Å². The van der Waals surface area contributed by atoms with Crippen molar-refractivity contribution < 1.29 is 13.2 Å². The van der Waals surface area contributed by atoms with Gasteiger partial charge in [0.1, 0.15) is 0 Å². The van der Waals surface area contributed by atoms with Crippen LogP contribution in [0.3, 0.4) is 0 Å². The normalized spacial score (nSPS) is 12.3. The first kappa shape index (κ1) is 16.4. The highest BCUT2D eigenvalue weighted by Crippen LogP contribution is 2.29. The van der Waals surface area contributed by atoms with Crippen molar-refractivity contribution in [3.05, 3.63) is 35.4 Å². The van der Waals surface area contributed by atoms with Crippen molar-refractivity contribution in [2.75, 3.05) is 0 Å². The second-order valence-corrected chi connectivity index (χ2v) is 4.66. The van der Waals surface area contributed by atoms with Crippen molar-refractivity contribution in [3.63, 3.8) is 0 Å². The standard InChI is InChI=1S/C13H16F3N3S/c1-2-3-7-11(18-19-12(17)20)9-5-4-6-10(8-9)13(14,15)16/h4-6,8H,2-3,7H2,1H3,(H3,17,19,20)/b18-11+. The molecule has 0 aromatic heterocycles. The number of nitrogens with two attached hydrogens (primary N) is 1. The molecule has 0 amide bonds. The lowest BCUT2D eigenvalue weighted by Gasteiger charge is -2.11. The predicted molar refractivity (Wildman–Crippen MR) is 77.4 cm³/mol. The van der Waals surface area contributed by atoms with E-state index in [9.17, 15) is 13.2 Å². The highest BCUT2D eigenvalue weighted by Gasteiger charge is 2.30. The van der Waals surface area contributed by atoms with Gasteiger partial charge in [-0.15, -0.1) is 0 Å². The maximum absolute atomic E-state index is 12.7. The molecule has 20 heavy (non-hydrogen) atoms. The second-order valence-electron chi connectivity index (χ2n) is 4.22. The molecule has 0 saturated heterocycles. The molecule has 1 aromatic carbocycles. The summed E-state index contributed by atoms with van der Waals surface area (Å²) in [5, 5.41) is 3.97. The fourth-order valence-electron chi connectivity index (χ4n) is 1.61. The first-order valence-corrected chi connectivity index (χ1v) is 6.55. The Kier molecular flexibility index (Phi) is 5.94. The van der Waals surface area contributed by atoms with Crippen molar-refractivity contribution in [1.82, 2.24) is 5.43 Å². The van der Waals surface area contributed by atoms with Gasteiger partial charge in [0.2, 0.25) is 0 Å². The van der Waals surface area contributed by atoms with Gasteiger partial charge in [-0.1, -0.05) is 25.5 Å². The largest absolute Gasteiger partial charge is 0.416 e. The molecular weight excluding hydrogens is 287 g/mol. The van der Waals surface area contributed by atoms with E-state index in [1.54, 1.807) is 6.07 Å². The van der Waals surface area contributed by atoms with Crippen LogP contribution in [-0.2, 0) is 6.18 Å². The lowest BCUT2D eigenvalue weighted by atomic mass is 10.0. The van der Waals surface area contributed by atoms with Gasteiger partial charge in [-0.3, -0.25) is 5.43 Å². The van der Waals surface area contributed by atoms with Crippen LogP contribution in [0.5, 0.6) is 0 Å². The van der Waals surface area contributed by atoms with Gasteiger partial charge in [0.05, 0.1) is 11.3 Å². The molecule has 7 heteroatoms. The Morgan fingerprint density at radius 3 is 2.65 bits per heavy atom. The fraction of sp³-hybridized carbons (Fsp3) is 0.385. The van der Waals surface area contributed by atoms with Crippen LogP contribution in [0, 0.1) is 0 Å². The number of hydrogen-bond donors (Lipinski definition) is 2. The van der Waals surface area contributed by atoms with E-state index in [4.69, 9.17) is 5.73 Å². The minimum Gasteiger partial charge on any atom is -0.375 e. The molecule has 3 N–H and O–H groups in total. The molecule has 0 aliphatic heterocycles. The topological polar surface area (TPSA) is 50.4 Å². The zero-order valence-electron chi connectivity index (χ0n) is 11.0. The van der Waals surface area contributed by atoms with Gasteiger partial charge < -0.3 is 5.73 Å². The van der Waals surface area contributed by atoms with Crippen LogP contribution >= 0.6 is 12.2 Å². The van der Waals surface area contributed by atoms with Gasteiger partial charge in [-0.2, -0.15) is 18.3 Å². The number of alkyl halides is 3. The summed E-state index contributed by atoms with van der Waals surface area (Å²) >= 11 is 4.64. The average Bonchev–Trinajstić information content (AvgIpc) is 2.38. The Morgan fingerprint density at radius 1 is 1.40 bits per heavy atom. The molecule has 0 fully saturated rings. The van der Waals surface area contributed by atoms with E-state index in [1.807, 2.05) is 6.92 Å². The number of rotatable bonds is 5. The summed E-state index contributed by atoms with van der Waals surface area (Å²) < 4.78 is 38.1. The first-order valence-electron chi connectivity index (χ1n) is 6.14. The van der Waals surface area contributed by atoms with Crippen LogP contribution in [0.1, 0.15) is 37.3 Å². The second kappa shape index (κ2) is 7.23. The average molecular weight is 303 g/mol. The molecule has 0 radical (unpaired) electrons. The van der Waals surface area contributed by atoms with Gasteiger partial charge in [-0.25, -0.2) is 0 Å². The quantitative estimate of drug-likeness (QED) is 0.498. The molecule has 0 unspecified atom stereocenters. The molecule has 0 bridgehead atoms. The number of hydrogen-bond acceptors (Lipinski definition) is 2. The van der Waals surface area contributed by atoms with Gasteiger partial charge in [0, 0.05) is 0 Å². The Bertz CT molecular complexity index is 498. The number of halogens is 3. The molecule has 1 aromatic rings. The van der Waals surface area contributed by atoms with Crippen molar-refractivity contribution in [1.29, 1.82) is 0 Å². The number of nitrogens with one attached hydrogen (secondary N) is 1. The summed E-state index contributed by atoms with van der Waals surface area (Å²) in [5.41, 5.74) is 7.93. The third-order valence-corrected chi connectivity index (χ3v) is 2.68. The van der Waals surface area contributed by atoms with E-state index >= 15 is 0 Å². The van der Waals surface area contributed by atoms with Crippen molar-refractivity contribution in [2.45, 2.75) is 32.4 Å². The summed E-state index contributed by atoms with van der Waals surface area (Å²) in [5.74, 6) is 0. The predicted octanol–water partition coefficient (Wildman–Crippen LogP) is 3.43. The Balaban J connectivity index is 3.07. The van der Waals surface area contributed by atoms with Crippen LogP contribution in [0.15, 0.2) is 29.4 Å². The summed E-state index contributed by atoms with van der Waals surface area (Å²) in [7, 11) is 0. The smallest absolute Gasteiger partial charge is 0.375 e. The van der Waals surface area contributed by atoms with E-state index in [1.165, 1.54) is 6.07 Å². The Hall–Kier alpha value is -1.63. The lowest BCUT2D eigenvalue weighted by Crippen LogP contribution is -2.25. The van der Waals surface area contributed by atoms with Crippen LogP contribution in [0.2, 0.25) is 0 Å². The van der Waals surface area contributed by atoms with E-state index in [0.717, 1.165) is 25.0 Å². The fourth-order valence-corrected chi connectivity index (χ4v) is 1.65. The highest BCUT2D eigenvalue weighted by molar-refractivity contribution is 7.80. The molecule has 0 spiro atoms. The third-order valence-electron chi connectivity index (χ3n) is 2.59. The molecule has 3 nitrogen and oxygen atoms in total. The van der Waals surface area contributed by atoms with Gasteiger partial charge >= 0.3 is 6.18 Å². The summed E-state index contributed by atoms with van der Waals surface area (Å²) in [6.07, 6.45) is -2.10. The van der Waals surface area contributed by atoms with E-state index in [-0.39, 0.29) is 5.11 Å². The van der Waals surface area contributed by atoms with Gasteiger partial charge in [0.25, 0.3) is 0 Å². The maximum atomic E-state index is 12.7. The molecule has 110 valence electrons. The minimum atomic E-state index is -4.37. The molecule has 0 aliphatic rings. The molecule has 1 rings (SSSR count). The number of unbranched alkanes of at least 4 members (excludes halogenated alkanes) is 1. The van der Waals surface area contributed by atoms with E-state index in [0.29, 0.717) is 17.7 Å². The summed E-state index contributed by atoms with van der Waals surface area (Å²) in [6.45, 7) is 1.99. The van der Waals surface area contributed by atoms with Crippen molar-refractivity contribution in [2.24, 2.45) is 10.8 Å². The maximum Gasteiger partial charge on any atom is 0.416 e. The molecule has 0 aliphatic carbocycles. The number of hydrazone groups is 1. The number of thiocarbonyl (C=S) groups is 1. The first-order chi connectivity index (χ1) is 9.34. The zero-order chi connectivity index (χ0) is 15.2. The molecule has 0 atom stereocenters. The number of nitrogens with zero attached hydrogens (tertiary/aromatic N) is 1. The van der Waals surface area contributed by atoms with Crippen molar-refractivity contribution in [3.8, 4) is 0 Å². The minimum absolute atomic E-state index is 0.0222. The van der Waals surface area contributed by atoms with Crippen LogP contribution in [0.25, 0.3) is 0 Å². The van der Waals surface area contributed by atoms with E-state index < -0.39 is 11.7 Å². The van der Waals surface area contributed by atoms with Crippen LogP contribution in [0.4, 0.5) is 13.2 Å². The highest BCUT2D eigenvalue weighted by atomic mass is 32.1. The molecular formula is C13H16F3N3S. The van der Waals surface area contributed by atoms with Gasteiger partial charge in [0.15, 0.2) is 5.11 Å². The summed E-state index contributed by atoms with van der Waals surface area (Å²) in [4.78, 5) is 0. The van der Waals surface area contributed by atoms with Crippen LogP contribution < -0.4 is 11.2 Å². The molecule has 0 heterocycles. The zero-order valence-corrected chi connectivity index (χ0v) is 11.8. The Labute approximate surface area is 121 Å². The number of benzene rings is 1. The molecule has 0 saturated carbocycles. The Morgan fingerprint density at radius 2 is 2.10 bits per heavy atom. The monoisotopic (exact) mass is 303 g/mol. The lowest BCUT2D eigenvalue weighted by molar-refractivity contribution is -0.137. The van der Waals surface area contributed by atoms with E-state index in [2.05, 4.69) is 22.7 Å². The third kappa shape index (κ3) is 5.16. The summed E-state index contributed by atoms with van der Waals surface area (Å²) in [6, 6.07) is 5.06.